The fraction of sp³-hybridized carbons (Fsp3) is 0.0455. The highest BCUT2D eigenvalue weighted by Crippen LogP contribution is 2.24. The van der Waals surface area contributed by atoms with Crippen LogP contribution in [0, 0.1) is 11.6 Å². The average molecular weight is 423 g/mol. The first-order valence-electron chi connectivity index (χ1n) is 8.95. The summed E-state index contributed by atoms with van der Waals surface area (Å²) in [7, 11) is 0. The van der Waals surface area contributed by atoms with Gasteiger partial charge in [-0.1, -0.05) is 23.9 Å². The molecular weight excluding hydrogens is 408 g/mol. The van der Waals surface area contributed by atoms with Gasteiger partial charge in [-0.25, -0.2) is 8.78 Å². The summed E-state index contributed by atoms with van der Waals surface area (Å²) in [6, 6.07) is 18.8. The maximum absolute atomic E-state index is 13.7. The van der Waals surface area contributed by atoms with Crippen molar-refractivity contribution >= 4 is 23.4 Å². The summed E-state index contributed by atoms with van der Waals surface area (Å²) in [5, 5.41) is 11.5. The molecular formula is C22H15F2N3O2S. The molecule has 5 nitrogen and oxygen atoms in total. The standard InChI is InChI=1S/C22H15F2N3O2S/c23-15-7-5-14(6-8-15)18-10-12-21(27-26-18)30-13-16-9-11-20(29-16)22(28)25-19-4-2-1-3-17(19)24/h1-12H,13H2,(H,25,28). The Morgan fingerprint density at radius 2 is 1.73 bits per heavy atom. The summed E-state index contributed by atoms with van der Waals surface area (Å²) in [5.41, 5.74) is 1.51. The van der Waals surface area contributed by atoms with Gasteiger partial charge in [0.05, 0.1) is 17.1 Å². The van der Waals surface area contributed by atoms with Crippen molar-refractivity contribution in [2.75, 3.05) is 5.32 Å². The van der Waals surface area contributed by atoms with Gasteiger partial charge >= 0.3 is 0 Å². The lowest BCUT2D eigenvalue weighted by Gasteiger charge is -2.04. The van der Waals surface area contributed by atoms with E-state index >= 15 is 0 Å². The van der Waals surface area contributed by atoms with E-state index in [2.05, 4.69) is 15.5 Å². The molecule has 1 amide bonds. The predicted octanol–water partition coefficient (Wildman–Crippen LogP) is 5.56. The maximum atomic E-state index is 13.7. The van der Waals surface area contributed by atoms with E-state index < -0.39 is 11.7 Å². The SMILES string of the molecule is O=C(Nc1ccccc1F)c1ccc(CSc2ccc(-c3ccc(F)cc3)nn2)o1. The number of hydrogen-bond acceptors (Lipinski definition) is 5. The lowest BCUT2D eigenvalue weighted by molar-refractivity contribution is 0.0995. The maximum Gasteiger partial charge on any atom is 0.291 e. The molecule has 4 rings (SSSR count). The number of para-hydroxylation sites is 1. The van der Waals surface area contributed by atoms with Gasteiger partial charge in [-0.2, -0.15) is 0 Å². The van der Waals surface area contributed by atoms with Crippen molar-refractivity contribution in [3.8, 4) is 11.3 Å². The second kappa shape index (κ2) is 8.87. The molecule has 2 heterocycles. The topological polar surface area (TPSA) is 68.0 Å². The summed E-state index contributed by atoms with van der Waals surface area (Å²) in [6.45, 7) is 0. The number of aromatic nitrogens is 2. The van der Waals surface area contributed by atoms with Gasteiger partial charge < -0.3 is 9.73 Å². The molecule has 0 aliphatic rings. The lowest BCUT2D eigenvalue weighted by atomic mass is 10.1. The molecule has 0 aliphatic carbocycles. The zero-order valence-corrected chi connectivity index (χ0v) is 16.3. The minimum atomic E-state index is -0.528. The number of thioether (sulfide) groups is 1. The lowest BCUT2D eigenvalue weighted by Crippen LogP contribution is -2.11. The van der Waals surface area contributed by atoms with E-state index in [0.29, 0.717) is 22.2 Å². The molecule has 1 N–H and O–H groups in total. The molecule has 0 saturated carbocycles. The zero-order valence-electron chi connectivity index (χ0n) is 15.5. The van der Waals surface area contributed by atoms with E-state index in [4.69, 9.17) is 4.42 Å². The van der Waals surface area contributed by atoms with Crippen molar-refractivity contribution in [1.82, 2.24) is 10.2 Å². The highest BCUT2D eigenvalue weighted by molar-refractivity contribution is 7.98. The predicted molar refractivity (Wildman–Crippen MR) is 110 cm³/mol. The third-order valence-electron chi connectivity index (χ3n) is 4.15. The van der Waals surface area contributed by atoms with Gasteiger partial charge in [-0.3, -0.25) is 4.79 Å². The molecule has 0 saturated heterocycles. The smallest absolute Gasteiger partial charge is 0.291 e. The molecule has 2 aromatic carbocycles. The molecule has 0 radical (unpaired) electrons. The van der Waals surface area contributed by atoms with Crippen LogP contribution < -0.4 is 5.32 Å². The molecule has 150 valence electrons. The van der Waals surface area contributed by atoms with Crippen LogP contribution >= 0.6 is 11.8 Å². The van der Waals surface area contributed by atoms with Crippen molar-refractivity contribution in [2.45, 2.75) is 10.8 Å². The molecule has 0 atom stereocenters. The van der Waals surface area contributed by atoms with Crippen LogP contribution in [-0.2, 0) is 5.75 Å². The average Bonchev–Trinajstić information content (AvgIpc) is 3.24. The normalized spacial score (nSPS) is 10.7. The minimum absolute atomic E-state index is 0.0892. The summed E-state index contributed by atoms with van der Waals surface area (Å²) in [5.74, 6) is -0.248. The Bertz CT molecular complexity index is 1160. The number of nitrogens with zero attached hydrogens (tertiary/aromatic N) is 2. The summed E-state index contributed by atoms with van der Waals surface area (Å²) in [6.07, 6.45) is 0. The third-order valence-corrected chi connectivity index (χ3v) is 5.09. The van der Waals surface area contributed by atoms with Crippen molar-refractivity contribution in [3.05, 3.63) is 96.0 Å². The van der Waals surface area contributed by atoms with Crippen molar-refractivity contribution in [1.29, 1.82) is 0 Å². The van der Waals surface area contributed by atoms with Gasteiger partial charge in [0.15, 0.2) is 5.76 Å². The summed E-state index contributed by atoms with van der Waals surface area (Å²) in [4.78, 5) is 12.2. The third kappa shape index (κ3) is 4.72. The van der Waals surface area contributed by atoms with E-state index in [1.165, 1.54) is 42.1 Å². The second-order valence-corrected chi connectivity index (χ2v) is 7.25. The number of anilines is 1. The number of nitrogens with one attached hydrogen (secondary N) is 1. The second-order valence-electron chi connectivity index (χ2n) is 6.25. The number of hydrogen-bond donors (Lipinski definition) is 1. The van der Waals surface area contributed by atoms with Gasteiger partial charge in [0.2, 0.25) is 0 Å². The Labute approximate surface area is 175 Å². The molecule has 30 heavy (non-hydrogen) atoms. The van der Waals surface area contributed by atoms with Crippen LogP contribution in [0.25, 0.3) is 11.3 Å². The Morgan fingerprint density at radius 3 is 2.47 bits per heavy atom. The number of furan rings is 1. The van der Waals surface area contributed by atoms with Gasteiger partial charge in [-0.05, 0) is 60.7 Å². The van der Waals surface area contributed by atoms with Crippen LogP contribution in [0.3, 0.4) is 0 Å². The minimum Gasteiger partial charge on any atom is -0.455 e. The van der Waals surface area contributed by atoms with Crippen LogP contribution in [0.2, 0.25) is 0 Å². The van der Waals surface area contributed by atoms with E-state index in [-0.39, 0.29) is 17.3 Å². The molecule has 0 fully saturated rings. The van der Waals surface area contributed by atoms with E-state index in [1.54, 1.807) is 36.4 Å². The first-order valence-corrected chi connectivity index (χ1v) is 9.94. The Hall–Kier alpha value is -3.52. The quantitative estimate of drug-likeness (QED) is 0.411. The largest absolute Gasteiger partial charge is 0.455 e. The van der Waals surface area contributed by atoms with Crippen LogP contribution in [0.5, 0.6) is 0 Å². The number of rotatable bonds is 6. The first kappa shape index (κ1) is 19.8. The highest BCUT2D eigenvalue weighted by atomic mass is 32.2. The number of benzene rings is 2. The zero-order chi connectivity index (χ0) is 20.9. The van der Waals surface area contributed by atoms with Gasteiger partial charge in [-0.15, -0.1) is 10.2 Å². The van der Waals surface area contributed by atoms with Crippen molar-refractivity contribution in [3.63, 3.8) is 0 Å². The number of carbonyl (C=O) groups is 1. The van der Waals surface area contributed by atoms with E-state index in [9.17, 15) is 13.6 Å². The van der Waals surface area contributed by atoms with E-state index in [1.807, 2.05) is 6.07 Å². The molecule has 2 aromatic heterocycles. The van der Waals surface area contributed by atoms with Crippen molar-refractivity contribution < 1.29 is 18.0 Å². The van der Waals surface area contributed by atoms with Gasteiger partial charge in [0, 0.05) is 5.56 Å². The van der Waals surface area contributed by atoms with Crippen LogP contribution in [0.1, 0.15) is 16.3 Å². The van der Waals surface area contributed by atoms with Crippen LogP contribution in [0.15, 0.2) is 82.2 Å². The number of carbonyl (C=O) groups excluding carboxylic acids is 1. The number of amides is 1. The van der Waals surface area contributed by atoms with Crippen LogP contribution in [0.4, 0.5) is 14.5 Å². The van der Waals surface area contributed by atoms with Gasteiger partial charge in [0.25, 0.3) is 5.91 Å². The molecule has 0 bridgehead atoms. The first-order chi connectivity index (χ1) is 14.6. The molecule has 0 aliphatic heterocycles. The fourth-order valence-corrected chi connectivity index (χ4v) is 3.35. The molecule has 4 aromatic rings. The summed E-state index contributed by atoms with van der Waals surface area (Å²) >= 11 is 1.39. The highest BCUT2D eigenvalue weighted by Gasteiger charge is 2.14. The summed E-state index contributed by atoms with van der Waals surface area (Å²) < 4.78 is 32.2. The molecule has 0 spiro atoms. The Morgan fingerprint density at radius 1 is 0.933 bits per heavy atom. The van der Waals surface area contributed by atoms with Crippen LogP contribution in [-0.4, -0.2) is 16.1 Å². The molecule has 8 heteroatoms. The van der Waals surface area contributed by atoms with Crippen molar-refractivity contribution in [2.24, 2.45) is 0 Å². The Balaban J connectivity index is 1.35. The monoisotopic (exact) mass is 423 g/mol. The fourth-order valence-electron chi connectivity index (χ4n) is 2.64. The van der Waals surface area contributed by atoms with E-state index in [0.717, 1.165) is 5.56 Å². The molecule has 0 unspecified atom stereocenters. The Kier molecular flexibility index (Phi) is 5.85. The number of halogens is 2. The van der Waals surface area contributed by atoms with Gasteiger partial charge in [0.1, 0.15) is 22.4 Å².